The lowest BCUT2D eigenvalue weighted by molar-refractivity contribution is -0.123. The Balaban J connectivity index is 1.79. The molecule has 2 amide bonds. The SMILES string of the molecule is O=C(NC1CCCC1)[C@H](c1ccc(F)cc1)N(C(=O)c1csnn1)c1ccc(F)cc1. The number of carbonyl (C=O) groups excluding carboxylic acids is 2. The van der Waals surface area contributed by atoms with Gasteiger partial charge in [-0.15, -0.1) is 5.10 Å². The summed E-state index contributed by atoms with van der Waals surface area (Å²) in [4.78, 5) is 28.1. The lowest BCUT2D eigenvalue weighted by atomic mass is 10.0. The van der Waals surface area contributed by atoms with E-state index in [0.717, 1.165) is 37.2 Å². The van der Waals surface area contributed by atoms with Crippen molar-refractivity contribution in [2.24, 2.45) is 0 Å². The maximum atomic E-state index is 13.6. The zero-order valence-electron chi connectivity index (χ0n) is 16.5. The van der Waals surface area contributed by atoms with Crippen LogP contribution < -0.4 is 10.2 Å². The van der Waals surface area contributed by atoms with Gasteiger partial charge in [0.25, 0.3) is 5.91 Å². The van der Waals surface area contributed by atoms with Crippen molar-refractivity contribution in [3.8, 4) is 0 Å². The van der Waals surface area contributed by atoms with Crippen LogP contribution >= 0.6 is 11.5 Å². The summed E-state index contributed by atoms with van der Waals surface area (Å²) in [6.45, 7) is 0. The molecule has 0 spiro atoms. The largest absolute Gasteiger partial charge is 0.351 e. The normalized spacial score (nSPS) is 14.9. The molecule has 4 rings (SSSR count). The van der Waals surface area contributed by atoms with E-state index in [1.54, 1.807) is 0 Å². The maximum absolute atomic E-state index is 13.6. The zero-order valence-corrected chi connectivity index (χ0v) is 17.3. The average molecular weight is 442 g/mol. The highest BCUT2D eigenvalue weighted by Crippen LogP contribution is 2.31. The van der Waals surface area contributed by atoms with Crippen LogP contribution in [0.25, 0.3) is 0 Å². The number of benzene rings is 2. The van der Waals surface area contributed by atoms with E-state index >= 15 is 0 Å². The first-order valence-corrected chi connectivity index (χ1v) is 10.8. The molecule has 31 heavy (non-hydrogen) atoms. The number of amides is 2. The Morgan fingerprint density at radius 3 is 2.19 bits per heavy atom. The van der Waals surface area contributed by atoms with Gasteiger partial charge in [-0.25, -0.2) is 8.78 Å². The van der Waals surface area contributed by atoms with Gasteiger partial charge in [0.1, 0.15) is 17.7 Å². The van der Waals surface area contributed by atoms with E-state index in [4.69, 9.17) is 0 Å². The van der Waals surface area contributed by atoms with Crippen molar-refractivity contribution in [2.75, 3.05) is 4.90 Å². The lowest BCUT2D eigenvalue weighted by Gasteiger charge is -2.31. The molecule has 1 aromatic heterocycles. The molecular formula is C22H20F2N4O2S. The van der Waals surface area contributed by atoms with E-state index < -0.39 is 23.6 Å². The Bertz CT molecular complexity index is 1040. The van der Waals surface area contributed by atoms with Crippen LogP contribution in [-0.2, 0) is 4.79 Å². The number of nitrogens with zero attached hydrogens (tertiary/aromatic N) is 3. The molecule has 1 saturated carbocycles. The monoisotopic (exact) mass is 442 g/mol. The third-order valence-electron chi connectivity index (χ3n) is 5.30. The third-order valence-corrected chi connectivity index (χ3v) is 5.80. The van der Waals surface area contributed by atoms with E-state index in [-0.39, 0.29) is 17.6 Å². The Hall–Kier alpha value is -3.20. The summed E-state index contributed by atoms with van der Waals surface area (Å²) < 4.78 is 30.9. The van der Waals surface area contributed by atoms with E-state index in [0.29, 0.717) is 11.3 Å². The standard InChI is InChI=1S/C22H20F2N4O2S/c23-15-7-5-14(6-8-15)20(21(29)25-17-3-1-2-4-17)28(18-11-9-16(24)10-12-18)22(30)19-13-31-27-26-19/h5-13,17,20H,1-4H2,(H,25,29)/t20-/m0/s1. The van der Waals surface area contributed by atoms with Crippen LogP contribution in [0.3, 0.4) is 0 Å². The van der Waals surface area contributed by atoms with Crippen molar-refractivity contribution < 1.29 is 18.4 Å². The number of rotatable bonds is 6. The van der Waals surface area contributed by atoms with Crippen molar-refractivity contribution in [2.45, 2.75) is 37.8 Å². The van der Waals surface area contributed by atoms with Gasteiger partial charge in [0.2, 0.25) is 5.91 Å². The predicted octanol–water partition coefficient (Wildman–Crippen LogP) is 4.26. The molecule has 9 heteroatoms. The summed E-state index contributed by atoms with van der Waals surface area (Å²) in [7, 11) is 0. The number of hydrogen-bond donors (Lipinski definition) is 1. The molecule has 160 valence electrons. The second kappa shape index (κ2) is 9.30. The fraction of sp³-hybridized carbons (Fsp3) is 0.273. The Morgan fingerprint density at radius 1 is 1.00 bits per heavy atom. The van der Waals surface area contributed by atoms with Gasteiger partial charge >= 0.3 is 0 Å². The van der Waals surface area contributed by atoms with Crippen LogP contribution in [0.4, 0.5) is 14.5 Å². The minimum atomic E-state index is -1.10. The molecule has 3 aromatic rings. The van der Waals surface area contributed by atoms with Gasteiger partial charge in [0.15, 0.2) is 5.69 Å². The van der Waals surface area contributed by atoms with Gasteiger partial charge in [-0.2, -0.15) is 0 Å². The van der Waals surface area contributed by atoms with Crippen LogP contribution in [0.5, 0.6) is 0 Å². The van der Waals surface area contributed by atoms with E-state index in [1.165, 1.54) is 58.8 Å². The van der Waals surface area contributed by atoms with Gasteiger partial charge in [-0.05, 0) is 66.3 Å². The van der Waals surface area contributed by atoms with Gasteiger partial charge < -0.3 is 5.32 Å². The smallest absolute Gasteiger partial charge is 0.280 e. The first kappa shape index (κ1) is 21.0. The molecule has 2 aromatic carbocycles. The van der Waals surface area contributed by atoms with Crippen LogP contribution in [0, 0.1) is 11.6 Å². The summed E-state index contributed by atoms with van der Waals surface area (Å²) in [6, 6.07) is 9.61. The highest BCUT2D eigenvalue weighted by Gasteiger charge is 2.35. The fourth-order valence-electron chi connectivity index (χ4n) is 3.78. The first-order chi connectivity index (χ1) is 15.0. The summed E-state index contributed by atoms with van der Waals surface area (Å²) >= 11 is 1.01. The van der Waals surface area contributed by atoms with Crippen LogP contribution in [0.1, 0.15) is 47.8 Å². The molecule has 1 fully saturated rings. The summed E-state index contributed by atoms with van der Waals surface area (Å²) in [5.41, 5.74) is 0.808. The zero-order chi connectivity index (χ0) is 21.8. The topological polar surface area (TPSA) is 75.2 Å². The van der Waals surface area contributed by atoms with Crippen molar-refractivity contribution in [3.05, 3.63) is 76.8 Å². The second-order valence-electron chi connectivity index (χ2n) is 7.39. The molecule has 0 aliphatic heterocycles. The Morgan fingerprint density at radius 2 is 1.61 bits per heavy atom. The van der Waals surface area contributed by atoms with E-state index in [1.807, 2.05) is 0 Å². The molecule has 0 saturated heterocycles. The van der Waals surface area contributed by atoms with Crippen LogP contribution in [0.2, 0.25) is 0 Å². The summed E-state index contributed by atoms with van der Waals surface area (Å²) in [5.74, 6) is -1.88. The lowest BCUT2D eigenvalue weighted by Crippen LogP contribution is -2.46. The number of anilines is 1. The average Bonchev–Trinajstić information content (AvgIpc) is 3.47. The summed E-state index contributed by atoms with van der Waals surface area (Å²) in [6.07, 6.45) is 3.78. The van der Waals surface area contributed by atoms with Gasteiger partial charge in [0.05, 0.1) is 0 Å². The highest BCUT2D eigenvalue weighted by atomic mass is 32.1. The fourth-order valence-corrected chi connectivity index (χ4v) is 4.21. The number of nitrogens with one attached hydrogen (secondary N) is 1. The molecule has 1 aliphatic carbocycles. The molecule has 0 radical (unpaired) electrons. The van der Waals surface area contributed by atoms with Crippen molar-refractivity contribution in [1.29, 1.82) is 0 Å². The minimum Gasteiger partial charge on any atom is -0.351 e. The van der Waals surface area contributed by atoms with Crippen LogP contribution in [-0.4, -0.2) is 27.4 Å². The molecule has 1 N–H and O–H groups in total. The van der Waals surface area contributed by atoms with Gasteiger partial charge in [0, 0.05) is 17.1 Å². The maximum Gasteiger partial charge on any atom is 0.280 e. The minimum absolute atomic E-state index is 0.0153. The number of carbonyl (C=O) groups is 2. The number of aromatic nitrogens is 2. The highest BCUT2D eigenvalue weighted by molar-refractivity contribution is 7.03. The van der Waals surface area contributed by atoms with Crippen molar-refractivity contribution >= 4 is 29.0 Å². The van der Waals surface area contributed by atoms with Crippen molar-refractivity contribution in [1.82, 2.24) is 14.9 Å². The number of halogens is 2. The molecule has 1 aliphatic rings. The molecule has 1 atom stereocenters. The quantitative estimate of drug-likeness (QED) is 0.619. The summed E-state index contributed by atoms with van der Waals surface area (Å²) in [5, 5.41) is 8.35. The van der Waals surface area contributed by atoms with Gasteiger partial charge in [-0.3, -0.25) is 14.5 Å². The molecule has 0 bridgehead atoms. The Kier molecular flexibility index (Phi) is 6.31. The molecular weight excluding hydrogens is 422 g/mol. The Labute approximate surface area is 182 Å². The molecule has 0 unspecified atom stereocenters. The van der Waals surface area contributed by atoms with Crippen LogP contribution in [0.15, 0.2) is 53.9 Å². The van der Waals surface area contributed by atoms with Gasteiger partial charge in [-0.1, -0.05) is 29.5 Å². The second-order valence-corrected chi connectivity index (χ2v) is 8.00. The van der Waals surface area contributed by atoms with E-state index in [2.05, 4.69) is 14.9 Å². The molecule has 1 heterocycles. The van der Waals surface area contributed by atoms with E-state index in [9.17, 15) is 18.4 Å². The predicted molar refractivity (Wildman–Crippen MR) is 113 cm³/mol. The van der Waals surface area contributed by atoms with Crippen molar-refractivity contribution in [3.63, 3.8) is 0 Å². The number of hydrogen-bond acceptors (Lipinski definition) is 5. The molecule has 6 nitrogen and oxygen atoms in total. The first-order valence-electron chi connectivity index (χ1n) is 9.95. The third kappa shape index (κ3) is 4.77.